The third-order valence-corrected chi connectivity index (χ3v) is 3.44. The second-order valence-electron chi connectivity index (χ2n) is 4.84. The monoisotopic (exact) mass is 289 g/mol. The molecule has 8 heteroatoms. The highest BCUT2D eigenvalue weighted by atomic mass is 16.2. The van der Waals surface area contributed by atoms with Crippen LogP contribution in [0.15, 0.2) is 30.3 Å². The molecule has 0 saturated carbocycles. The summed E-state index contributed by atoms with van der Waals surface area (Å²) in [5.74, 6) is -0.229. The van der Waals surface area contributed by atoms with Crippen LogP contribution < -0.4 is 16.1 Å². The van der Waals surface area contributed by atoms with Crippen molar-refractivity contribution in [3.8, 4) is 0 Å². The number of hydrazine groups is 1. The molecule has 2 aliphatic heterocycles. The standard InChI is InChI=1S/C13H15N5O3/c19-10-8-17-11(7-14-10)18(16-13(17)21)12(20)15-6-9-4-2-1-3-5-9/h1-5,11H,6-8H2,(H,14,19)(H,15,20)(H,16,21). The quantitative estimate of drug-likeness (QED) is 0.691. The van der Waals surface area contributed by atoms with Crippen LogP contribution in [0.25, 0.3) is 0 Å². The van der Waals surface area contributed by atoms with Crippen molar-refractivity contribution in [2.45, 2.75) is 12.7 Å². The summed E-state index contributed by atoms with van der Waals surface area (Å²) in [7, 11) is 0. The Morgan fingerprint density at radius 1 is 1.29 bits per heavy atom. The Kier molecular flexibility index (Phi) is 3.35. The Morgan fingerprint density at radius 2 is 2.05 bits per heavy atom. The van der Waals surface area contributed by atoms with Gasteiger partial charge in [0.05, 0.1) is 6.54 Å². The number of amides is 5. The third kappa shape index (κ3) is 2.60. The van der Waals surface area contributed by atoms with Gasteiger partial charge in [-0.05, 0) is 5.56 Å². The molecule has 1 aromatic carbocycles. The largest absolute Gasteiger partial charge is 0.351 e. The van der Waals surface area contributed by atoms with E-state index in [4.69, 9.17) is 0 Å². The summed E-state index contributed by atoms with van der Waals surface area (Å²) >= 11 is 0. The number of benzene rings is 1. The Labute approximate surface area is 121 Å². The number of fused-ring (bicyclic) bond motifs is 1. The van der Waals surface area contributed by atoms with E-state index in [0.717, 1.165) is 5.56 Å². The summed E-state index contributed by atoms with van der Waals surface area (Å²) < 4.78 is 0. The molecule has 1 unspecified atom stereocenters. The number of carbonyl (C=O) groups excluding carboxylic acids is 3. The van der Waals surface area contributed by atoms with Gasteiger partial charge in [0, 0.05) is 6.54 Å². The highest BCUT2D eigenvalue weighted by Crippen LogP contribution is 2.15. The van der Waals surface area contributed by atoms with Gasteiger partial charge in [0.2, 0.25) is 5.91 Å². The fourth-order valence-corrected chi connectivity index (χ4v) is 2.36. The van der Waals surface area contributed by atoms with Gasteiger partial charge in [-0.3, -0.25) is 9.69 Å². The second kappa shape index (κ2) is 5.31. The number of piperazine rings is 1. The maximum atomic E-state index is 12.2. The molecule has 5 amide bonds. The van der Waals surface area contributed by atoms with Crippen LogP contribution in [0.3, 0.4) is 0 Å². The number of hydrogen-bond donors (Lipinski definition) is 3. The van der Waals surface area contributed by atoms with Gasteiger partial charge >= 0.3 is 12.1 Å². The molecular weight excluding hydrogens is 274 g/mol. The fraction of sp³-hybridized carbons (Fsp3) is 0.308. The van der Waals surface area contributed by atoms with E-state index < -0.39 is 18.2 Å². The average molecular weight is 289 g/mol. The van der Waals surface area contributed by atoms with Gasteiger partial charge in [0.15, 0.2) is 0 Å². The molecule has 2 heterocycles. The number of carbonyl (C=O) groups is 3. The minimum Gasteiger partial charge on any atom is -0.351 e. The number of urea groups is 2. The molecule has 0 radical (unpaired) electrons. The average Bonchev–Trinajstić information content (AvgIpc) is 2.83. The van der Waals surface area contributed by atoms with Crippen molar-refractivity contribution in [2.24, 2.45) is 0 Å². The van der Waals surface area contributed by atoms with E-state index in [0.29, 0.717) is 6.54 Å². The fourth-order valence-electron chi connectivity index (χ4n) is 2.36. The molecule has 3 N–H and O–H groups in total. The van der Waals surface area contributed by atoms with E-state index in [9.17, 15) is 14.4 Å². The number of nitrogens with zero attached hydrogens (tertiary/aromatic N) is 2. The smallest absolute Gasteiger partial charge is 0.338 e. The van der Waals surface area contributed by atoms with Crippen LogP contribution in [0.2, 0.25) is 0 Å². The minimum absolute atomic E-state index is 0.0427. The van der Waals surface area contributed by atoms with Crippen molar-refractivity contribution in [3.63, 3.8) is 0 Å². The van der Waals surface area contributed by atoms with Crippen molar-refractivity contribution >= 4 is 18.0 Å². The van der Waals surface area contributed by atoms with Crippen LogP contribution >= 0.6 is 0 Å². The van der Waals surface area contributed by atoms with E-state index in [1.54, 1.807) is 0 Å². The van der Waals surface area contributed by atoms with Crippen LogP contribution in [0.5, 0.6) is 0 Å². The summed E-state index contributed by atoms with van der Waals surface area (Å²) in [6.07, 6.45) is -0.494. The van der Waals surface area contributed by atoms with Gasteiger partial charge in [0.1, 0.15) is 12.7 Å². The lowest BCUT2D eigenvalue weighted by Crippen LogP contribution is -2.58. The molecule has 2 fully saturated rings. The lowest BCUT2D eigenvalue weighted by atomic mass is 10.2. The van der Waals surface area contributed by atoms with Crippen molar-refractivity contribution in [1.82, 2.24) is 26.0 Å². The van der Waals surface area contributed by atoms with Crippen LogP contribution in [-0.4, -0.2) is 47.1 Å². The molecular formula is C13H15N5O3. The van der Waals surface area contributed by atoms with E-state index >= 15 is 0 Å². The van der Waals surface area contributed by atoms with Crippen molar-refractivity contribution in [3.05, 3.63) is 35.9 Å². The van der Waals surface area contributed by atoms with Crippen LogP contribution in [0.1, 0.15) is 5.56 Å². The predicted octanol–water partition coefficient (Wildman–Crippen LogP) is -0.406. The number of rotatable bonds is 2. The lowest BCUT2D eigenvalue weighted by molar-refractivity contribution is -0.124. The Balaban J connectivity index is 1.62. The molecule has 2 saturated heterocycles. The molecule has 0 aliphatic carbocycles. The molecule has 0 aromatic heterocycles. The van der Waals surface area contributed by atoms with Crippen molar-refractivity contribution < 1.29 is 14.4 Å². The van der Waals surface area contributed by atoms with Gasteiger partial charge in [-0.15, -0.1) is 0 Å². The van der Waals surface area contributed by atoms with Gasteiger partial charge in [0.25, 0.3) is 0 Å². The van der Waals surface area contributed by atoms with Gasteiger partial charge in [-0.2, -0.15) is 0 Å². The Bertz CT molecular complexity index is 576. The van der Waals surface area contributed by atoms with Crippen LogP contribution in [0.4, 0.5) is 9.59 Å². The first-order chi connectivity index (χ1) is 10.1. The zero-order valence-electron chi connectivity index (χ0n) is 11.2. The SMILES string of the molecule is O=C1CN2C(=O)NN(C(=O)NCc3ccccc3)C2CN1. The van der Waals surface area contributed by atoms with E-state index in [2.05, 4.69) is 16.1 Å². The zero-order valence-corrected chi connectivity index (χ0v) is 11.2. The van der Waals surface area contributed by atoms with Gasteiger partial charge in [-0.1, -0.05) is 30.3 Å². The maximum Gasteiger partial charge on any atom is 0.338 e. The Hall–Kier alpha value is -2.77. The topological polar surface area (TPSA) is 93.8 Å². The molecule has 8 nitrogen and oxygen atoms in total. The molecule has 21 heavy (non-hydrogen) atoms. The first-order valence-corrected chi connectivity index (χ1v) is 6.60. The second-order valence-corrected chi connectivity index (χ2v) is 4.84. The van der Waals surface area contributed by atoms with E-state index in [-0.39, 0.29) is 19.0 Å². The van der Waals surface area contributed by atoms with E-state index in [1.807, 2.05) is 30.3 Å². The molecule has 1 atom stereocenters. The highest BCUT2D eigenvalue weighted by molar-refractivity contribution is 5.89. The summed E-state index contributed by atoms with van der Waals surface area (Å²) in [5.41, 5.74) is 3.43. The molecule has 0 bridgehead atoms. The van der Waals surface area contributed by atoms with Crippen LogP contribution in [-0.2, 0) is 11.3 Å². The maximum absolute atomic E-state index is 12.2. The molecule has 2 aliphatic rings. The minimum atomic E-state index is -0.494. The first-order valence-electron chi connectivity index (χ1n) is 6.60. The molecule has 3 rings (SSSR count). The normalized spacial score (nSPS) is 20.7. The summed E-state index contributed by atoms with van der Waals surface area (Å²) in [6, 6.07) is 8.62. The number of nitrogens with one attached hydrogen (secondary N) is 3. The van der Waals surface area contributed by atoms with Gasteiger partial charge < -0.3 is 10.6 Å². The zero-order chi connectivity index (χ0) is 14.8. The number of hydrogen-bond acceptors (Lipinski definition) is 3. The predicted molar refractivity (Wildman–Crippen MR) is 72.6 cm³/mol. The van der Waals surface area contributed by atoms with E-state index in [1.165, 1.54) is 9.91 Å². The van der Waals surface area contributed by atoms with Gasteiger partial charge in [-0.25, -0.2) is 20.0 Å². The molecule has 110 valence electrons. The third-order valence-electron chi connectivity index (χ3n) is 3.44. The summed E-state index contributed by atoms with van der Waals surface area (Å²) in [4.78, 5) is 36.5. The summed E-state index contributed by atoms with van der Waals surface area (Å²) in [6.45, 7) is 0.542. The first kappa shape index (κ1) is 13.2. The molecule has 1 aromatic rings. The molecule has 0 spiro atoms. The van der Waals surface area contributed by atoms with Crippen molar-refractivity contribution in [1.29, 1.82) is 0 Å². The van der Waals surface area contributed by atoms with Crippen molar-refractivity contribution in [2.75, 3.05) is 13.1 Å². The summed E-state index contributed by atoms with van der Waals surface area (Å²) in [5, 5.41) is 6.59. The Morgan fingerprint density at radius 3 is 2.81 bits per heavy atom. The lowest BCUT2D eigenvalue weighted by Gasteiger charge is -2.31. The van der Waals surface area contributed by atoms with Crippen LogP contribution in [0, 0.1) is 0 Å². The highest BCUT2D eigenvalue weighted by Gasteiger charge is 2.43.